The number of benzene rings is 1. The third-order valence-corrected chi connectivity index (χ3v) is 3.67. The van der Waals surface area contributed by atoms with E-state index in [1.54, 1.807) is 30.3 Å². The summed E-state index contributed by atoms with van der Waals surface area (Å²) in [6.07, 6.45) is 0. The van der Waals surface area contributed by atoms with Gasteiger partial charge in [0.05, 0.1) is 5.02 Å². The molecule has 0 saturated carbocycles. The van der Waals surface area contributed by atoms with Gasteiger partial charge < -0.3 is 9.63 Å². The molecule has 1 aromatic carbocycles. The van der Waals surface area contributed by atoms with Gasteiger partial charge in [0.15, 0.2) is 0 Å². The van der Waals surface area contributed by atoms with Gasteiger partial charge >= 0.3 is 0 Å². The second kappa shape index (κ2) is 4.44. The molecule has 90 valence electrons. The SMILES string of the molecule is Oc1cccc(-c2noc(-c3sccc3Cl)n2)c1. The largest absolute Gasteiger partial charge is 0.508 e. The standard InChI is InChI=1S/C12H7ClN2O2S/c13-9-4-5-18-10(9)12-14-11(15-17-12)7-2-1-3-8(16)6-7/h1-6,16H. The van der Waals surface area contributed by atoms with Crippen molar-refractivity contribution < 1.29 is 9.63 Å². The molecule has 6 heteroatoms. The van der Waals surface area contributed by atoms with Crippen LogP contribution in [-0.4, -0.2) is 15.2 Å². The Balaban J connectivity index is 2.02. The maximum absolute atomic E-state index is 9.40. The summed E-state index contributed by atoms with van der Waals surface area (Å²) in [5, 5.41) is 15.7. The van der Waals surface area contributed by atoms with E-state index < -0.39 is 0 Å². The van der Waals surface area contributed by atoms with Crippen LogP contribution in [0.3, 0.4) is 0 Å². The molecular weight excluding hydrogens is 272 g/mol. The molecule has 2 aromatic heterocycles. The van der Waals surface area contributed by atoms with Gasteiger partial charge in [-0.2, -0.15) is 4.98 Å². The van der Waals surface area contributed by atoms with Crippen molar-refractivity contribution in [2.75, 3.05) is 0 Å². The van der Waals surface area contributed by atoms with Crippen LogP contribution in [0.25, 0.3) is 22.2 Å². The number of phenolic OH excluding ortho intramolecular Hbond substituents is 1. The molecule has 18 heavy (non-hydrogen) atoms. The molecule has 4 nitrogen and oxygen atoms in total. The van der Waals surface area contributed by atoms with Gasteiger partial charge in [-0.15, -0.1) is 11.3 Å². The lowest BCUT2D eigenvalue weighted by Crippen LogP contribution is -1.80. The lowest BCUT2D eigenvalue weighted by Gasteiger charge is -1.94. The molecule has 0 saturated heterocycles. The third kappa shape index (κ3) is 1.98. The first-order valence-corrected chi connectivity index (χ1v) is 6.36. The van der Waals surface area contributed by atoms with Crippen LogP contribution >= 0.6 is 22.9 Å². The van der Waals surface area contributed by atoms with Crippen LogP contribution < -0.4 is 0 Å². The van der Waals surface area contributed by atoms with Crippen LogP contribution in [0, 0.1) is 0 Å². The lowest BCUT2D eigenvalue weighted by molar-refractivity contribution is 0.433. The maximum atomic E-state index is 9.40. The van der Waals surface area contributed by atoms with Crippen molar-refractivity contribution >= 4 is 22.9 Å². The van der Waals surface area contributed by atoms with Gasteiger partial charge in [-0.3, -0.25) is 0 Å². The Morgan fingerprint density at radius 2 is 2.17 bits per heavy atom. The summed E-state index contributed by atoms with van der Waals surface area (Å²) in [6.45, 7) is 0. The van der Waals surface area contributed by atoms with Crippen molar-refractivity contribution in [1.82, 2.24) is 10.1 Å². The molecule has 0 aliphatic carbocycles. The fourth-order valence-corrected chi connectivity index (χ4v) is 2.58. The van der Waals surface area contributed by atoms with Gasteiger partial charge in [0.25, 0.3) is 5.89 Å². The molecule has 0 aliphatic heterocycles. The molecule has 2 heterocycles. The number of thiophene rings is 1. The molecule has 0 atom stereocenters. The molecule has 3 rings (SSSR count). The number of phenols is 1. The predicted molar refractivity (Wildman–Crippen MR) is 69.7 cm³/mol. The quantitative estimate of drug-likeness (QED) is 0.774. The van der Waals surface area contributed by atoms with Gasteiger partial charge in [-0.05, 0) is 23.6 Å². The Bertz CT molecular complexity index is 693. The fourth-order valence-electron chi connectivity index (χ4n) is 1.52. The highest BCUT2D eigenvalue weighted by atomic mass is 35.5. The van der Waals surface area contributed by atoms with Crippen molar-refractivity contribution in [2.24, 2.45) is 0 Å². The predicted octanol–water partition coefficient (Wildman–Crippen LogP) is 3.82. The Hall–Kier alpha value is -1.85. The van der Waals surface area contributed by atoms with E-state index >= 15 is 0 Å². The number of halogens is 1. The average Bonchev–Trinajstić information content (AvgIpc) is 2.97. The molecule has 0 amide bonds. The summed E-state index contributed by atoms with van der Waals surface area (Å²) in [5.41, 5.74) is 0.692. The highest BCUT2D eigenvalue weighted by Crippen LogP contribution is 2.33. The average molecular weight is 279 g/mol. The topological polar surface area (TPSA) is 59.2 Å². The van der Waals surface area contributed by atoms with Gasteiger partial charge in [0.2, 0.25) is 5.82 Å². The van der Waals surface area contributed by atoms with E-state index in [4.69, 9.17) is 16.1 Å². The minimum Gasteiger partial charge on any atom is -0.508 e. The van der Waals surface area contributed by atoms with Crippen molar-refractivity contribution in [3.63, 3.8) is 0 Å². The number of nitrogens with zero attached hydrogens (tertiary/aromatic N) is 2. The summed E-state index contributed by atoms with van der Waals surface area (Å²) in [4.78, 5) is 5.01. The number of hydrogen-bond donors (Lipinski definition) is 1. The minimum absolute atomic E-state index is 0.160. The first-order valence-electron chi connectivity index (χ1n) is 5.10. The number of aromatic hydroxyl groups is 1. The Morgan fingerprint density at radius 1 is 1.28 bits per heavy atom. The molecular formula is C12H7ClN2O2S. The van der Waals surface area contributed by atoms with Gasteiger partial charge in [-0.25, -0.2) is 0 Å². The Labute approximate surface area is 111 Å². The van der Waals surface area contributed by atoms with Crippen LogP contribution in [0.1, 0.15) is 0 Å². The molecule has 0 spiro atoms. The molecule has 0 aliphatic rings. The molecule has 3 aromatic rings. The van der Waals surface area contributed by atoms with E-state index in [9.17, 15) is 5.11 Å². The zero-order valence-corrected chi connectivity index (χ0v) is 10.6. The first kappa shape index (κ1) is 11.3. The zero-order valence-electron chi connectivity index (χ0n) is 9.00. The summed E-state index contributed by atoms with van der Waals surface area (Å²) < 4.78 is 5.17. The number of aromatic nitrogens is 2. The van der Waals surface area contributed by atoms with E-state index in [-0.39, 0.29) is 5.75 Å². The van der Waals surface area contributed by atoms with Crippen molar-refractivity contribution in [2.45, 2.75) is 0 Å². The summed E-state index contributed by atoms with van der Waals surface area (Å²) in [7, 11) is 0. The Morgan fingerprint density at radius 3 is 2.89 bits per heavy atom. The van der Waals surface area contributed by atoms with Gasteiger partial charge in [0.1, 0.15) is 10.6 Å². The van der Waals surface area contributed by atoms with Crippen LogP contribution in [0.15, 0.2) is 40.2 Å². The zero-order chi connectivity index (χ0) is 12.5. The van der Waals surface area contributed by atoms with Crippen LogP contribution in [0.4, 0.5) is 0 Å². The van der Waals surface area contributed by atoms with E-state index in [0.717, 1.165) is 4.88 Å². The van der Waals surface area contributed by atoms with Gasteiger partial charge in [0, 0.05) is 5.56 Å². The summed E-state index contributed by atoms with van der Waals surface area (Å²) in [5.74, 6) is 0.965. The van der Waals surface area contributed by atoms with Crippen LogP contribution in [-0.2, 0) is 0 Å². The fraction of sp³-hybridized carbons (Fsp3) is 0. The first-order chi connectivity index (χ1) is 8.74. The molecule has 0 unspecified atom stereocenters. The second-order valence-electron chi connectivity index (χ2n) is 3.57. The van der Waals surface area contributed by atoms with Crippen molar-refractivity contribution in [3.8, 4) is 27.9 Å². The monoisotopic (exact) mass is 278 g/mol. The number of hydrogen-bond acceptors (Lipinski definition) is 5. The number of rotatable bonds is 2. The molecule has 0 fully saturated rings. The maximum Gasteiger partial charge on any atom is 0.269 e. The third-order valence-electron chi connectivity index (χ3n) is 2.34. The van der Waals surface area contributed by atoms with Crippen LogP contribution in [0.5, 0.6) is 5.75 Å². The minimum atomic E-state index is 0.160. The normalized spacial score (nSPS) is 10.7. The van der Waals surface area contributed by atoms with Crippen molar-refractivity contribution in [3.05, 3.63) is 40.7 Å². The molecule has 0 radical (unpaired) electrons. The van der Waals surface area contributed by atoms with Crippen LogP contribution in [0.2, 0.25) is 5.02 Å². The second-order valence-corrected chi connectivity index (χ2v) is 4.89. The smallest absolute Gasteiger partial charge is 0.269 e. The van der Waals surface area contributed by atoms with Gasteiger partial charge in [-0.1, -0.05) is 28.9 Å². The van der Waals surface area contributed by atoms with E-state index in [0.29, 0.717) is 22.3 Å². The van der Waals surface area contributed by atoms with E-state index in [1.165, 1.54) is 11.3 Å². The summed E-state index contributed by atoms with van der Waals surface area (Å²) >= 11 is 7.43. The Kier molecular flexibility index (Phi) is 2.77. The lowest BCUT2D eigenvalue weighted by atomic mass is 10.2. The molecule has 0 bridgehead atoms. The highest BCUT2D eigenvalue weighted by molar-refractivity contribution is 7.14. The van der Waals surface area contributed by atoms with E-state index in [1.807, 2.05) is 5.38 Å². The van der Waals surface area contributed by atoms with Crippen molar-refractivity contribution in [1.29, 1.82) is 0 Å². The summed E-state index contributed by atoms with van der Waals surface area (Å²) in [6, 6.07) is 8.45. The highest BCUT2D eigenvalue weighted by Gasteiger charge is 2.14. The van der Waals surface area contributed by atoms with E-state index in [2.05, 4.69) is 10.1 Å². The molecule has 1 N–H and O–H groups in total.